The fourth-order valence-electron chi connectivity index (χ4n) is 4.64. The van der Waals surface area contributed by atoms with E-state index in [1.54, 1.807) is 28.3 Å². The van der Waals surface area contributed by atoms with Crippen LogP contribution in [0.3, 0.4) is 0 Å². The summed E-state index contributed by atoms with van der Waals surface area (Å²) >= 11 is 0. The molecule has 0 aromatic heterocycles. The molecule has 0 aromatic rings. The highest BCUT2D eigenvalue weighted by Crippen LogP contribution is 2.33. The lowest BCUT2D eigenvalue weighted by Crippen LogP contribution is -2.56. The molecule has 182 valence electrons. The monoisotopic (exact) mass is 450 g/mol. The largest absolute Gasteiger partial charge is 0.388 e. The minimum atomic E-state index is -0.872. The average Bonchev–Trinajstić information content (AvgIpc) is 2.73. The maximum atomic E-state index is 10.2. The predicted molar refractivity (Wildman–Crippen MR) is 107 cm³/mol. The highest BCUT2D eigenvalue weighted by molar-refractivity contribution is 4.88. The third kappa shape index (κ3) is 5.94. The van der Waals surface area contributed by atoms with E-state index in [0.717, 1.165) is 0 Å². The molecule has 3 saturated heterocycles. The Hall–Kier alpha value is -0.400. The van der Waals surface area contributed by atoms with Gasteiger partial charge in [-0.2, -0.15) is 0 Å². The molecule has 3 aliphatic heterocycles. The predicted octanol–water partition coefficient (Wildman–Crippen LogP) is 0.560. The number of hydrogen-bond acceptors (Lipinski definition) is 10. The zero-order chi connectivity index (χ0) is 22.7. The van der Waals surface area contributed by atoms with Crippen molar-refractivity contribution < 1.29 is 48.1 Å². The molecule has 0 aromatic carbocycles. The third-order valence-electron chi connectivity index (χ3n) is 6.43. The normalized spacial score (nSPS) is 49.2. The zero-order valence-corrected chi connectivity index (χ0v) is 19.2. The van der Waals surface area contributed by atoms with Gasteiger partial charge in [-0.1, -0.05) is 0 Å². The van der Waals surface area contributed by atoms with E-state index in [9.17, 15) is 10.2 Å². The van der Waals surface area contributed by atoms with Gasteiger partial charge in [-0.3, -0.25) is 0 Å². The molecular weight excluding hydrogens is 412 g/mol. The number of hydrogen-bond donors (Lipinski definition) is 2. The Labute approximate surface area is 184 Å². The summed E-state index contributed by atoms with van der Waals surface area (Å²) in [6, 6.07) is 0. The molecule has 3 rings (SSSR count). The van der Waals surface area contributed by atoms with Gasteiger partial charge in [-0.05, 0) is 20.8 Å². The molecule has 3 aliphatic rings. The molecule has 0 unspecified atom stereocenters. The fourth-order valence-corrected chi connectivity index (χ4v) is 4.64. The first-order chi connectivity index (χ1) is 14.8. The molecule has 0 spiro atoms. The zero-order valence-electron chi connectivity index (χ0n) is 19.2. The molecule has 3 heterocycles. The second-order valence-electron chi connectivity index (χ2n) is 8.56. The van der Waals surface area contributed by atoms with Crippen LogP contribution in [0.5, 0.6) is 0 Å². The summed E-state index contributed by atoms with van der Waals surface area (Å²) in [5.74, 6) is 0. The fraction of sp³-hybridized carbons (Fsp3) is 1.00. The Kier molecular flexibility index (Phi) is 9.07. The molecular formula is C21H38O10. The van der Waals surface area contributed by atoms with Gasteiger partial charge in [0, 0.05) is 40.6 Å². The standard InChI is InChI=1S/C21H38O10/c1-10-19(23)13(24-4)8-17(28-10)30-21-12(3)29-18(9-15(21)26-6)31-20-11(2)27-16(22)7-14(20)25-5/h10-23H,7-9H2,1-6H3/t10-,11-,12-,13+,14-,15-,16+,17+,18-,19-,20-,21-/m1/s1. The van der Waals surface area contributed by atoms with Crippen LogP contribution in [0.2, 0.25) is 0 Å². The van der Waals surface area contributed by atoms with Crippen LogP contribution < -0.4 is 0 Å². The van der Waals surface area contributed by atoms with E-state index in [2.05, 4.69) is 0 Å². The van der Waals surface area contributed by atoms with Crippen molar-refractivity contribution >= 4 is 0 Å². The molecule has 12 atom stereocenters. The Balaban J connectivity index is 1.60. The van der Waals surface area contributed by atoms with Crippen molar-refractivity contribution in [2.24, 2.45) is 0 Å². The SMILES string of the molecule is CO[C@H]1C[C@H](O[C@@H]2[C@@H](C)O[C@H](O[C@@H]3[C@@H](C)O[C@H](O)C[C@H]3OC)C[C@H]2OC)O[C@H](C)[C@H]1O. The quantitative estimate of drug-likeness (QED) is 0.570. The van der Waals surface area contributed by atoms with Crippen LogP contribution in [-0.2, 0) is 37.9 Å². The molecule has 2 N–H and O–H groups in total. The van der Waals surface area contributed by atoms with E-state index < -0.39 is 31.1 Å². The lowest BCUT2D eigenvalue weighted by atomic mass is 9.99. The number of aliphatic hydroxyl groups excluding tert-OH is 2. The van der Waals surface area contributed by atoms with Gasteiger partial charge in [-0.25, -0.2) is 0 Å². The minimum absolute atomic E-state index is 0.285. The van der Waals surface area contributed by atoms with Crippen LogP contribution in [0.4, 0.5) is 0 Å². The second kappa shape index (κ2) is 11.1. The number of methoxy groups -OCH3 is 3. The van der Waals surface area contributed by atoms with Gasteiger partial charge in [0.05, 0.1) is 36.6 Å². The van der Waals surface area contributed by atoms with Gasteiger partial charge >= 0.3 is 0 Å². The van der Waals surface area contributed by atoms with Gasteiger partial charge in [-0.15, -0.1) is 0 Å². The molecule has 3 fully saturated rings. The first-order valence-electron chi connectivity index (χ1n) is 11.0. The first kappa shape index (κ1) is 25.2. The van der Waals surface area contributed by atoms with Crippen molar-refractivity contribution in [3.63, 3.8) is 0 Å². The smallest absolute Gasteiger partial charge is 0.161 e. The minimum Gasteiger partial charge on any atom is -0.388 e. The maximum absolute atomic E-state index is 10.2. The number of aliphatic hydroxyl groups is 2. The first-order valence-corrected chi connectivity index (χ1v) is 11.0. The molecule has 0 radical (unpaired) electrons. The van der Waals surface area contributed by atoms with Gasteiger partial charge in [0.25, 0.3) is 0 Å². The highest BCUT2D eigenvalue weighted by atomic mass is 16.7. The van der Waals surface area contributed by atoms with Crippen molar-refractivity contribution in [3.05, 3.63) is 0 Å². The summed E-state index contributed by atoms with van der Waals surface area (Å²) in [4.78, 5) is 0. The highest BCUT2D eigenvalue weighted by Gasteiger charge is 2.45. The summed E-state index contributed by atoms with van der Waals surface area (Å²) in [6.07, 6.45) is -4.26. The Morgan fingerprint density at radius 2 is 1.06 bits per heavy atom. The van der Waals surface area contributed by atoms with E-state index in [4.69, 9.17) is 37.9 Å². The lowest BCUT2D eigenvalue weighted by Gasteiger charge is -2.45. The summed E-state index contributed by atoms with van der Waals surface area (Å²) in [6.45, 7) is 5.54. The molecule has 0 saturated carbocycles. The molecule has 0 aliphatic carbocycles. The van der Waals surface area contributed by atoms with E-state index in [1.165, 1.54) is 0 Å². The van der Waals surface area contributed by atoms with Crippen molar-refractivity contribution in [2.45, 2.75) is 114 Å². The van der Waals surface area contributed by atoms with Crippen LogP contribution in [0.15, 0.2) is 0 Å². The summed E-state index contributed by atoms with van der Waals surface area (Å²) in [5.41, 5.74) is 0. The van der Waals surface area contributed by atoms with Crippen molar-refractivity contribution in [1.29, 1.82) is 0 Å². The van der Waals surface area contributed by atoms with Crippen LogP contribution in [-0.4, -0.2) is 105 Å². The second-order valence-corrected chi connectivity index (χ2v) is 8.56. The van der Waals surface area contributed by atoms with E-state index >= 15 is 0 Å². The third-order valence-corrected chi connectivity index (χ3v) is 6.43. The summed E-state index contributed by atoms with van der Waals surface area (Å²) in [7, 11) is 4.79. The Bertz CT molecular complexity index is 550. The van der Waals surface area contributed by atoms with Crippen molar-refractivity contribution in [3.8, 4) is 0 Å². The van der Waals surface area contributed by atoms with Crippen molar-refractivity contribution in [2.75, 3.05) is 21.3 Å². The van der Waals surface area contributed by atoms with E-state index in [0.29, 0.717) is 19.3 Å². The lowest BCUT2D eigenvalue weighted by molar-refractivity contribution is -0.334. The van der Waals surface area contributed by atoms with Crippen LogP contribution in [0.25, 0.3) is 0 Å². The molecule has 10 nitrogen and oxygen atoms in total. The Morgan fingerprint density at radius 1 is 0.613 bits per heavy atom. The molecule has 0 amide bonds. The molecule has 31 heavy (non-hydrogen) atoms. The maximum Gasteiger partial charge on any atom is 0.161 e. The average molecular weight is 451 g/mol. The van der Waals surface area contributed by atoms with Crippen LogP contribution in [0, 0.1) is 0 Å². The number of ether oxygens (including phenoxy) is 8. The van der Waals surface area contributed by atoms with Gasteiger partial charge < -0.3 is 48.1 Å². The topological polar surface area (TPSA) is 114 Å². The number of rotatable bonds is 7. The van der Waals surface area contributed by atoms with Crippen LogP contribution in [0.1, 0.15) is 40.0 Å². The summed E-state index contributed by atoms with van der Waals surface area (Å²) < 4.78 is 46.4. The van der Waals surface area contributed by atoms with Gasteiger partial charge in [0.2, 0.25) is 0 Å². The molecule has 0 bridgehead atoms. The van der Waals surface area contributed by atoms with Gasteiger partial charge in [0.15, 0.2) is 18.9 Å². The van der Waals surface area contributed by atoms with Crippen molar-refractivity contribution in [1.82, 2.24) is 0 Å². The van der Waals surface area contributed by atoms with Gasteiger partial charge in [0.1, 0.15) is 18.3 Å². The molecule has 10 heteroatoms. The van der Waals surface area contributed by atoms with Crippen LogP contribution >= 0.6 is 0 Å². The Morgan fingerprint density at radius 3 is 1.61 bits per heavy atom. The van der Waals surface area contributed by atoms with E-state index in [-0.39, 0.29) is 42.7 Å². The van der Waals surface area contributed by atoms with E-state index in [1.807, 2.05) is 13.8 Å². The summed E-state index contributed by atoms with van der Waals surface area (Å²) in [5, 5.41) is 20.0.